The number of sulfonamides is 1. The molecule has 8 heteroatoms. The quantitative estimate of drug-likeness (QED) is 0.280. The number of carbonyl (C=O) groups is 1. The Bertz CT molecular complexity index is 1510. The molecule has 4 aromatic carbocycles. The molecule has 1 aliphatic heterocycles. The van der Waals surface area contributed by atoms with E-state index < -0.39 is 10.0 Å². The third-order valence-corrected chi connectivity index (χ3v) is 9.28. The Morgan fingerprint density at radius 3 is 1.95 bits per heavy atom. The number of anilines is 1. The average Bonchev–Trinajstić information content (AvgIpc) is 3.01. The van der Waals surface area contributed by atoms with Crippen LogP contribution in [0.25, 0.3) is 0 Å². The first-order chi connectivity index (χ1) is 19.9. The van der Waals surface area contributed by atoms with Crippen LogP contribution in [0.1, 0.15) is 22.7 Å². The normalized spacial score (nSPS) is 14.2. The Morgan fingerprint density at radius 2 is 1.39 bits per heavy atom. The number of amides is 1. The van der Waals surface area contributed by atoms with E-state index in [1.165, 1.54) is 22.5 Å². The van der Waals surface area contributed by atoms with Crippen LogP contribution in [-0.4, -0.2) is 64.0 Å². The van der Waals surface area contributed by atoms with Gasteiger partial charge in [-0.1, -0.05) is 84.4 Å². The van der Waals surface area contributed by atoms with Crippen molar-refractivity contribution in [1.82, 2.24) is 9.80 Å². The molecule has 0 bridgehead atoms. The van der Waals surface area contributed by atoms with Crippen LogP contribution in [0, 0.1) is 6.92 Å². The largest absolute Gasteiger partial charge is 0.497 e. The predicted octanol–water partition coefficient (Wildman–Crippen LogP) is 5.13. The van der Waals surface area contributed by atoms with Gasteiger partial charge in [0.2, 0.25) is 5.91 Å². The van der Waals surface area contributed by atoms with Crippen LogP contribution in [0.2, 0.25) is 0 Å². The minimum Gasteiger partial charge on any atom is -0.497 e. The summed E-state index contributed by atoms with van der Waals surface area (Å²) >= 11 is 0. The van der Waals surface area contributed by atoms with E-state index in [-0.39, 0.29) is 23.4 Å². The predicted molar refractivity (Wildman–Crippen MR) is 162 cm³/mol. The van der Waals surface area contributed by atoms with Crippen molar-refractivity contribution in [3.63, 3.8) is 0 Å². The third kappa shape index (κ3) is 6.45. The summed E-state index contributed by atoms with van der Waals surface area (Å²) in [5, 5.41) is 0. The average molecular weight is 570 g/mol. The van der Waals surface area contributed by atoms with E-state index in [0.717, 1.165) is 5.56 Å². The van der Waals surface area contributed by atoms with Crippen LogP contribution >= 0.6 is 0 Å². The second-order valence-corrected chi connectivity index (χ2v) is 12.0. The number of carbonyl (C=O) groups excluding carboxylic acids is 1. The first-order valence-corrected chi connectivity index (χ1v) is 15.2. The Hall–Kier alpha value is -4.14. The number of benzene rings is 4. The molecule has 0 saturated carbocycles. The highest BCUT2D eigenvalue weighted by Gasteiger charge is 2.32. The van der Waals surface area contributed by atoms with E-state index in [9.17, 15) is 13.2 Å². The van der Waals surface area contributed by atoms with Crippen LogP contribution in [0.15, 0.2) is 114 Å². The lowest BCUT2D eigenvalue weighted by Gasteiger charge is -2.40. The Labute approximate surface area is 242 Å². The van der Waals surface area contributed by atoms with Gasteiger partial charge in [-0.15, -0.1) is 0 Å². The van der Waals surface area contributed by atoms with E-state index in [0.29, 0.717) is 37.6 Å². The third-order valence-electron chi connectivity index (χ3n) is 7.49. The van der Waals surface area contributed by atoms with Gasteiger partial charge in [-0.05, 0) is 42.3 Å². The van der Waals surface area contributed by atoms with Gasteiger partial charge in [0.15, 0.2) is 0 Å². The van der Waals surface area contributed by atoms with Gasteiger partial charge in [0.1, 0.15) is 12.3 Å². The first kappa shape index (κ1) is 28.4. The van der Waals surface area contributed by atoms with Gasteiger partial charge in [-0.25, -0.2) is 8.42 Å². The molecule has 1 saturated heterocycles. The summed E-state index contributed by atoms with van der Waals surface area (Å²) in [6, 6.07) is 34.3. The van der Waals surface area contributed by atoms with Gasteiger partial charge in [0.25, 0.3) is 10.0 Å². The highest BCUT2D eigenvalue weighted by atomic mass is 32.2. The molecule has 0 aromatic heterocycles. The van der Waals surface area contributed by atoms with Crippen molar-refractivity contribution < 1.29 is 17.9 Å². The van der Waals surface area contributed by atoms with E-state index in [1.807, 2.05) is 43.3 Å². The number of ether oxygens (including phenoxy) is 1. The van der Waals surface area contributed by atoms with Crippen molar-refractivity contribution in [2.45, 2.75) is 17.9 Å². The maximum Gasteiger partial charge on any atom is 0.264 e. The van der Waals surface area contributed by atoms with Gasteiger partial charge < -0.3 is 9.64 Å². The zero-order chi connectivity index (χ0) is 28.8. The minimum atomic E-state index is -4.01. The summed E-state index contributed by atoms with van der Waals surface area (Å²) in [4.78, 5) is 17.9. The summed E-state index contributed by atoms with van der Waals surface area (Å²) in [6.45, 7) is 3.95. The number of aryl methyl sites for hydroxylation is 1. The Kier molecular flexibility index (Phi) is 8.71. The number of nitrogens with zero attached hydrogens (tertiary/aromatic N) is 3. The number of hydrogen-bond acceptors (Lipinski definition) is 5. The summed E-state index contributed by atoms with van der Waals surface area (Å²) in [6.07, 6.45) is 0. The smallest absolute Gasteiger partial charge is 0.264 e. The van der Waals surface area contributed by atoms with Crippen molar-refractivity contribution in [2.24, 2.45) is 0 Å². The van der Waals surface area contributed by atoms with Gasteiger partial charge in [-0.3, -0.25) is 14.0 Å². The van der Waals surface area contributed by atoms with Crippen LogP contribution < -0.4 is 9.04 Å². The Morgan fingerprint density at radius 1 is 0.805 bits per heavy atom. The van der Waals surface area contributed by atoms with Crippen molar-refractivity contribution in [2.75, 3.05) is 44.1 Å². The second kappa shape index (κ2) is 12.6. The molecule has 212 valence electrons. The summed E-state index contributed by atoms with van der Waals surface area (Å²) in [7, 11) is -2.48. The van der Waals surface area contributed by atoms with Crippen LogP contribution in [0.5, 0.6) is 5.75 Å². The molecule has 1 heterocycles. The number of hydrogen-bond donors (Lipinski definition) is 0. The number of rotatable bonds is 9. The fourth-order valence-corrected chi connectivity index (χ4v) is 6.66. The van der Waals surface area contributed by atoms with E-state index in [4.69, 9.17) is 4.74 Å². The van der Waals surface area contributed by atoms with E-state index in [1.54, 1.807) is 53.4 Å². The highest BCUT2D eigenvalue weighted by Crippen LogP contribution is 2.30. The number of methoxy groups -OCH3 is 1. The van der Waals surface area contributed by atoms with Crippen LogP contribution in [-0.2, 0) is 14.8 Å². The molecule has 0 spiro atoms. The van der Waals surface area contributed by atoms with Crippen LogP contribution in [0.4, 0.5) is 5.69 Å². The monoisotopic (exact) mass is 569 g/mol. The molecule has 0 atom stereocenters. The molecule has 0 radical (unpaired) electrons. The lowest BCUT2D eigenvalue weighted by Crippen LogP contribution is -2.52. The molecule has 1 amide bonds. The zero-order valence-corrected chi connectivity index (χ0v) is 24.2. The number of piperazine rings is 1. The topological polar surface area (TPSA) is 70.2 Å². The van der Waals surface area contributed by atoms with Crippen LogP contribution in [0.3, 0.4) is 0 Å². The second-order valence-electron chi connectivity index (χ2n) is 10.2. The molecule has 0 unspecified atom stereocenters. The summed E-state index contributed by atoms with van der Waals surface area (Å²) in [5.74, 6) is 0.277. The molecule has 1 fully saturated rings. The Balaban J connectivity index is 1.36. The highest BCUT2D eigenvalue weighted by molar-refractivity contribution is 7.92. The molecule has 7 nitrogen and oxygen atoms in total. The zero-order valence-electron chi connectivity index (χ0n) is 23.4. The van der Waals surface area contributed by atoms with Crippen molar-refractivity contribution in [3.8, 4) is 5.75 Å². The minimum absolute atomic E-state index is 0.0739. The van der Waals surface area contributed by atoms with Gasteiger partial charge >= 0.3 is 0 Å². The van der Waals surface area contributed by atoms with Gasteiger partial charge in [0, 0.05) is 32.2 Å². The molecule has 4 aromatic rings. The molecular weight excluding hydrogens is 534 g/mol. The fourth-order valence-electron chi connectivity index (χ4n) is 5.26. The fraction of sp³-hybridized carbons (Fsp3) is 0.242. The lowest BCUT2D eigenvalue weighted by molar-refractivity contribution is -0.131. The molecular formula is C33H35N3O4S. The molecule has 0 aliphatic carbocycles. The van der Waals surface area contributed by atoms with Gasteiger partial charge in [0.05, 0.1) is 23.7 Å². The summed E-state index contributed by atoms with van der Waals surface area (Å²) < 4.78 is 34.2. The van der Waals surface area contributed by atoms with Crippen molar-refractivity contribution >= 4 is 21.6 Å². The molecule has 5 rings (SSSR count). The van der Waals surface area contributed by atoms with Crippen molar-refractivity contribution in [1.29, 1.82) is 0 Å². The van der Waals surface area contributed by atoms with E-state index >= 15 is 0 Å². The maximum absolute atomic E-state index is 13.8. The maximum atomic E-state index is 13.8. The first-order valence-electron chi connectivity index (χ1n) is 13.7. The standard InChI is InChI=1S/C33H35N3O4S/c1-26-16-18-31(19-17-26)41(38,39)36(29-14-9-15-30(24-29)40-2)25-32(37)34-20-22-35(23-21-34)33(27-10-5-3-6-11-27)28-12-7-4-8-13-28/h3-19,24,33H,20-23,25H2,1-2H3. The lowest BCUT2D eigenvalue weighted by atomic mass is 9.96. The molecule has 41 heavy (non-hydrogen) atoms. The van der Waals surface area contributed by atoms with Gasteiger partial charge in [-0.2, -0.15) is 0 Å². The SMILES string of the molecule is COc1cccc(N(CC(=O)N2CCN(C(c3ccccc3)c3ccccc3)CC2)S(=O)(=O)c2ccc(C)cc2)c1. The van der Waals surface area contributed by atoms with E-state index in [2.05, 4.69) is 29.2 Å². The molecule has 0 N–H and O–H groups in total. The van der Waals surface area contributed by atoms with Crippen molar-refractivity contribution in [3.05, 3.63) is 126 Å². The molecule has 1 aliphatic rings. The summed E-state index contributed by atoms with van der Waals surface area (Å²) in [5.41, 5.74) is 3.74.